The molecule has 7 nitrogen and oxygen atoms in total. The molecule has 0 aliphatic heterocycles. The van der Waals surface area contributed by atoms with Crippen LogP contribution >= 0.6 is 0 Å². The van der Waals surface area contributed by atoms with E-state index in [1.54, 1.807) is 30.3 Å². The number of rotatable bonds is 3. The summed E-state index contributed by atoms with van der Waals surface area (Å²) in [6.07, 6.45) is -4.37. The third-order valence-electron chi connectivity index (χ3n) is 3.85. The number of nitro benzene ring substituents is 1. The highest BCUT2D eigenvalue weighted by Crippen LogP contribution is 2.35. The predicted octanol–water partition coefficient (Wildman–Crippen LogP) is 4.89. The van der Waals surface area contributed by atoms with Gasteiger partial charge < -0.3 is 10.2 Å². The summed E-state index contributed by atoms with van der Waals surface area (Å²) in [5.74, 6) is -1.18. The van der Waals surface area contributed by atoms with E-state index in [2.05, 4.69) is 4.98 Å². The number of aryl methyl sites for hydroxylation is 1. The minimum absolute atomic E-state index is 0.0583. The molecule has 0 fully saturated rings. The number of alkyl halides is 3. The van der Waals surface area contributed by atoms with Crippen LogP contribution in [0.5, 0.6) is 11.5 Å². The Morgan fingerprint density at radius 2 is 1.70 bits per heavy atom. The van der Waals surface area contributed by atoms with Crippen LogP contribution in [0.4, 0.5) is 18.9 Å². The number of nitro groups is 1. The molecule has 1 aromatic heterocycles. The highest BCUT2D eigenvalue weighted by Gasteiger charge is 2.35. The molecular weight excluding hydrogens is 405 g/mol. The van der Waals surface area contributed by atoms with Gasteiger partial charge in [-0.2, -0.15) is 13.2 Å². The first-order valence-electron chi connectivity index (χ1n) is 8.31. The molecule has 0 bridgehead atoms. The molecule has 0 saturated heterocycles. The molecule has 2 N–H and O–H groups in total. The van der Waals surface area contributed by atoms with Gasteiger partial charge in [0.15, 0.2) is 12.0 Å². The van der Waals surface area contributed by atoms with Gasteiger partial charge in [0.25, 0.3) is 0 Å². The van der Waals surface area contributed by atoms with Crippen molar-refractivity contribution in [2.75, 3.05) is 0 Å². The number of nitrogens with zero attached hydrogens (tertiary/aromatic N) is 2. The fourth-order valence-electron chi connectivity index (χ4n) is 2.52. The molecular formula is C20H15F3N2O5. The number of aromatic nitrogens is 1. The maximum atomic E-state index is 12.9. The van der Waals surface area contributed by atoms with Crippen molar-refractivity contribution < 1.29 is 33.1 Å². The van der Waals surface area contributed by atoms with Crippen LogP contribution in [0.1, 0.15) is 21.6 Å². The van der Waals surface area contributed by atoms with Gasteiger partial charge in [0.2, 0.25) is 5.75 Å². The summed E-state index contributed by atoms with van der Waals surface area (Å²) in [5, 5.41) is 27.8. The quantitative estimate of drug-likeness (QED) is 0.270. The Balaban J connectivity index is 0.000000248. The maximum Gasteiger partial charge on any atom is 0.417 e. The van der Waals surface area contributed by atoms with Crippen molar-refractivity contribution in [2.24, 2.45) is 0 Å². The first-order valence-corrected chi connectivity index (χ1v) is 8.31. The molecule has 3 aromatic rings. The summed E-state index contributed by atoms with van der Waals surface area (Å²) in [5.41, 5.74) is -1.11. The van der Waals surface area contributed by atoms with E-state index in [4.69, 9.17) is 10.2 Å². The lowest BCUT2D eigenvalue weighted by Crippen LogP contribution is -2.12. The SMILES string of the molecule is Cc1cc(C(F)(F)F)c(C=O)c(-c2ccccc2)n1.O=[N+]([O-])c1cccc(O)c1O. The number of carbonyl (C=O) groups excluding carboxylic acids is 1. The summed E-state index contributed by atoms with van der Waals surface area (Å²) in [6.45, 7) is 1.47. The lowest BCUT2D eigenvalue weighted by atomic mass is 10.0. The van der Waals surface area contributed by atoms with Crippen molar-refractivity contribution >= 4 is 12.0 Å². The molecule has 3 rings (SSSR count). The molecule has 10 heteroatoms. The Bertz CT molecular complexity index is 1070. The summed E-state index contributed by atoms with van der Waals surface area (Å²) in [4.78, 5) is 24.4. The highest BCUT2D eigenvalue weighted by molar-refractivity contribution is 5.88. The van der Waals surface area contributed by atoms with Gasteiger partial charge in [-0.25, -0.2) is 0 Å². The summed E-state index contributed by atoms with van der Waals surface area (Å²) < 4.78 is 38.8. The van der Waals surface area contributed by atoms with Gasteiger partial charge in [-0.3, -0.25) is 19.9 Å². The Kier molecular flexibility index (Phi) is 6.73. The van der Waals surface area contributed by atoms with E-state index in [-0.39, 0.29) is 17.7 Å². The third-order valence-corrected chi connectivity index (χ3v) is 3.85. The monoisotopic (exact) mass is 420 g/mol. The van der Waals surface area contributed by atoms with Crippen LogP contribution in [0.2, 0.25) is 0 Å². The number of pyridine rings is 1. The van der Waals surface area contributed by atoms with Crippen molar-refractivity contribution in [1.29, 1.82) is 0 Å². The fraction of sp³-hybridized carbons (Fsp3) is 0.100. The third kappa shape index (κ3) is 5.10. The molecule has 0 unspecified atom stereocenters. The number of para-hydroxylation sites is 1. The number of phenolic OH excluding ortho intramolecular Hbond substituents is 2. The molecule has 0 aliphatic rings. The van der Waals surface area contributed by atoms with E-state index in [0.29, 0.717) is 5.56 Å². The first kappa shape index (κ1) is 22.3. The minimum atomic E-state index is -4.58. The molecule has 30 heavy (non-hydrogen) atoms. The number of aromatic hydroxyl groups is 2. The van der Waals surface area contributed by atoms with E-state index in [0.717, 1.165) is 12.1 Å². The zero-order valence-corrected chi connectivity index (χ0v) is 15.4. The van der Waals surface area contributed by atoms with E-state index >= 15 is 0 Å². The number of benzene rings is 2. The summed E-state index contributed by atoms with van der Waals surface area (Å²) >= 11 is 0. The van der Waals surface area contributed by atoms with E-state index in [1.807, 2.05) is 0 Å². The van der Waals surface area contributed by atoms with Gasteiger partial charge in [0.1, 0.15) is 0 Å². The Morgan fingerprint density at radius 1 is 1.07 bits per heavy atom. The number of halogens is 3. The lowest BCUT2D eigenvalue weighted by Gasteiger charge is -2.13. The lowest BCUT2D eigenvalue weighted by molar-refractivity contribution is -0.386. The van der Waals surface area contributed by atoms with Crippen LogP contribution in [0.3, 0.4) is 0 Å². The normalized spacial score (nSPS) is 10.7. The number of hydrogen-bond donors (Lipinski definition) is 2. The molecule has 0 aliphatic carbocycles. The molecule has 0 saturated carbocycles. The van der Waals surface area contributed by atoms with Crippen LogP contribution in [0.15, 0.2) is 54.6 Å². The van der Waals surface area contributed by atoms with Crippen LogP contribution in [-0.2, 0) is 6.18 Å². The number of hydrogen-bond acceptors (Lipinski definition) is 6. The Morgan fingerprint density at radius 3 is 2.20 bits per heavy atom. The molecule has 2 aromatic carbocycles. The smallest absolute Gasteiger partial charge is 0.417 e. The first-order chi connectivity index (χ1) is 14.1. The molecule has 1 heterocycles. The second kappa shape index (κ2) is 9.03. The summed E-state index contributed by atoms with van der Waals surface area (Å²) in [6, 6.07) is 12.8. The van der Waals surface area contributed by atoms with Crippen LogP contribution in [0.25, 0.3) is 11.3 Å². The van der Waals surface area contributed by atoms with Gasteiger partial charge in [-0.05, 0) is 19.1 Å². The molecule has 0 spiro atoms. The van der Waals surface area contributed by atoms with Crippen LogP contribution in [-0.4, -0.2) is 26.4 Å². The number of phenols is 2. The standard InChI is InChI=1S/C14H10F3NO.C6H5NO4/c1-9-7-12(14(15,16)17)11(8-19)13(18-9)10-5-3-2-4-6-10;8-5-3-1-2-4(6(5)9)7(10)11/h2-8H,1H3;1-3,8-9H. The Labute approximate surface area is 168 Å². The maximum absolute atomic E-state index is 12.9. The van der Waals surface area contributed by atoms with E-state index < -0.39 is 39.4 Å². The van der Waals surface area contributed by atoms with Gasteiger partial charge in [-0.15, -0.1) is 0 Å². The molecule has 0 amide bonds. The average Bonchev–Trinajstić information content (AvgIpc) is 2.69. The molecule has 156 valence electrons. The number of aldehydes is 1. The largest absolute Gasteiger partial charge is 0.504 e. The van der Waals surface area contributed by atoms with Crippen molar-refractivity contribution in [2.45, 2.75) is 13.1 Å². The van der Waals surface area contributed by atoms with Gasteiger partial charge in [-0.1, -0.05) is 36.4 Å². The van der Waals surface area contributed by atoms with E-state index in [1.165, 1.54) is 19.1 Å². The summed E-state index contributed by atoms with van der Waals surface area (Å²) in [7, 11) is 0. The minimum Gasteiger partial charge on any atom is -0.504 e. The van der Waals surface area contributed by atoms with Crippen LogP contribution < -0.4 is 0 Å². The Hall–Kier alpha value is -3.95. The second-order valence-corrected chi connectivity index (χ2v) is 5.96. The molecule has 0 atom stereocenters. The van der Waals surface area contributed by atoms with Gasteiger partial charge in [0, 0.05) is 17.3 Å². The topological polar surface area (TPSA) is 114 Å². The van der Waals surface area contributed by atoms with Crippen molar-refractivity contribution in [3.05, 3.63) is 81.5 Å². The van der Waals surface area contributed by atoms with E-state index in [9.17, 15) is 28.1 Å². The van der Waals surface area contributed by atoms with Crippen molar-refractivity contribution in [1.82, 2.24) is 4.98 Å². The van der Waals surface area contributed by atoms with Crippen molar-refractivity contribution in [3.8, 4) is 22.8 Å². The molecule has 0 radical (unpaired) electrons. The van der Waals surface area contributed by atoms with Gasteiger partial charge >= 0.3 is 11.9 Å². The average molecular weight is 420 g/mol. The predicted molar refractivity (Wildman–Crippen MR) is 101 cm³/mol. The second-order valence-electron chi connectivity index (χ2n) is 5.96. The van der Waals surface area contributed by atoms with Gasteiger partial charge in [0.05, 0.1) is 21.7 Å². The van der Waals surface area contributed by atoms with Crippen molar-refractivity contribution in [3.63, 3.8) is 0 Å². The highest BCUT2D eigenvalue weighted by atomic mass is 19.4. The fourth-order valence-corrected chi connectivity index (χ4v) is 2.52. The zero-order valence-electron chi connectivity index (χ0n) is 15.4. The number of carbonyl (C=O) groups is 1. The van der Waals surface area contributed by atoms with Crippen LogP contribution in [0, 0.1) is 17.0 Å². The zero-order chi connectivity index (χ0) is 22.5.